The number of fused-ring (bicyclic) bond motifs is 1. The Morgan fingerprint density at radius 1 is 1.05 bits per heavy atom. The molecule has 2 N–H and O–H groups in total. The van der Waals surface area contributed by atoms with Crippen LogP contribution in [-0.4, -0.2) is 43.3 Å². The standard InChI is InChI=1S/C14H20N4O/c1-19-9-8-15-6-7-16-10-12-11-17-13-4-2-3-5-14(13)18-12/h2-5,11,15-16H,6-10H2,1H3. The zero-order valence-corrected chi connectivity index (χ0v) is 11.2. The van der Waals surface area contributed by atoms with Crippen molar-refractivity contribution in [2.45, 2.75) is 6.54 Å². The van der Waals surface area contributed by atoms with Crippen LogP contribution in [0, 0.1) is 0 Å². The molecule has 1 aromatic carbocycles. The van der Waals surface area contributed by atoms with Crippen molar-refractivity contribution in [3.05, 3.63) is 36.2 Å². The molecule has 5 heteroatoms. The first kappa shape index (κ1) is 13.9. The zero-order valence-electron chi connectivity index (χ0n) is 11.2. The second kappa shape index (κ2) is 7.78. The lowest BCUT2D eigenvalue weighted by atomic mass is 10.3. The highest BCUT2D eigenvalue weighted by atomic mass is 16.5. The molecule has 1 aromatic heterocycles. The Bertz CT molecular complexity index is 504. The van der Waals surface area contributed by atoms with E-state index in [0.29, 0.717) is 0 Å². The predicted octanol–water partition coefficient (Wildman–Crippen LogP) is 0.955. The maximum atomic E-state index is 4.96. The quantitative estimate of drug-likeness (QED) is 0.692. The minimum atomic E-state index is 0.740. The minimum absolute atomic E-state index is 0.740. The number of rotatable bonds is 8. The molecule has 2 aromatic rings. The minimum Gasteiger partial charge on any atom is -0.383 e. The summed E-state index contributed by atoms with van der Waals surface area (Å²) in [5.41, 5.74) is 2.85. The molecule has 0 saturated carbocycles. The van der Waals surface area contributed by atoms with Gasteiger partial charge in [-0.25, -0.2) is 4.98 Å². The van der Waals surface area contributed by atoms with Crippen LogP contribution in [0.5, 0.6) is 0 Å². The van der Waals surface area contributed by atoms with E-state index < -0.39 is 0 Å². The van der Waals surface area contributed by atoms with E-state index in [4.69, 9.17) is 4.74 Å². The van der Waals surface area contributed by atoms with Crippen molar-refractivity contribution in [1.82, 2.24) is 20.6 Å². The SMILES string of the molecule is COCCNCCNCc1cnc2ccccc2n1. The van der Waals surface area contributed by atoms with Gasteiger partial charge < -0.3 is 15.4 Å². The maximum absolute atomic E-state index is 4.96. The molecule has 0 unspecified atom stereocenters. The van der Waals surface area contributed by atoms with Crippen LogP contribution in [0.15, 0.2) is 30.5 Å². The highest BCUT2D eigenvalue weighted by Gasteiger charge is 1.98. The third kappa shape index (κ3) is 4.55. The number of nitrogens with one attached hydrogen (secondary N) is 2. The Kier molecular flexibility index (Phi) is 5.68. The van der Waals surface area contributed by atoms with Gasteiger partial charge in [-0.2, -0.15) is 0 Å². The van der Waals surface area contributed by atoms with Crippen LogP contribution in [0.25, 0.3) is 11.0 Å². The van der Waals surface area contributed by atoms with Crippen LogP contribution in [0.4, 0.5) is 0 Å². The van der Waals surface area contributed by atoms with E-state index in [9.17, 15) is 0 Å². The molecule has 102 valence electrons. The van der Waals surface area contributed by atoms with Gasteiger partial charge in [-0.15, -0.1) is 0 Å². The normalized spacial score (nSPS) is 11.0. The van der Waals surface area contributed by atoms with E-state index in [1.165, 1.54) is 0 Å². The van der Waals surface area contributed by atoms with Crippen molar-refractivity contribution in [3.8, 4) is 0 Å². The van der Waals surface area contributed by atoms with Gasteiger partial charge in [0.1, 0.15) is 0 Å². The van der Waals surface area contributed by atoms with Crippen LogP contribution < -0.4 is 10.6 Å². The lowest BCUT2D eigenvalue weighted by Crippen LogP contribution is -2.29. The molecule has 0 amide bonds. The van der Waals surface area contributed by atoms with Gasteiger partial charge in [0.2, 0.25) is 0 Å². The van der Waals surface area contributed by atoms with Crippen molar-refractivity contribution in [1.29, 1.82) is 0 Å². The fourth-order valence-corrected chi connectivity index (χ4v) is 1.77. The molecule has 0 fully saturated rings. The predicted molar refractivity (Wildman–Crippen MR) is 76.0 cm³/mol. The molecule has 0 aliphatic heterocycles. The number of benzene rings is 1. The van der Waals surface area contributed by atoms with Crippen molar-refractivity contribution >= 4 is 11.0 Å². The highest BCUT2D eigenvalue weighted by molar-refractivity contribution is 5.73. The van der Waals surface area contributed by atoms with Gasteiger partial charge in [0.15, 0.2) is 0 Å². The summed E-state index contributed by atoms with van der Waals surface area (Å²) in [6.45, 7) is 4.19. The molecular formula is C14H20N4O. The van der Waals surface area contributed by atoms with Gasteiger partial charge in [-0.3, -0.25) is 4.98 Å². The molecule has 2 rings (SSSR count). The summed E-state index contributed by atoms with van der Waals surface area (Å²) >= 11 is 0. The van der Waals surface area contributed by atoms with E-state index >= 15 is 0 Å². The van der Waals surface area contributed by atoms with Crippen LogP contribution >= 0.6 is 0 Å². The monoisotopic (exact) mass is 260 g/mol. The van der Waals surface area contributed by atoms with E-state index in [1.807, 2.05) is 30.5 Å². The molecular weight excluding hydrogens is 240 g/mol. The van der Waals surface area contributed by atoms with Crippen LogP contribution in [0.1, 0.15) is 5.69 Å². The van der Waals surface area contributed by atoms with Crippen molar-refractivity contribution in [2.24, 2.45) is 0 Å². The Hall–Kier alpha value is -1.56. The summed E-state index contributed by atoms with van der Waals surface area (Å²) in [5, 5.41) is 6.62. The second-order valence-corrected chi connectivity index (χ2v) is 4.27. The molecule has 0 aliphatic carbocycles. The van der Waals surface area contributed by atoms with Crippen LogP contribution in [-0.2, 0) is 11.3 Å². The van der Waals surface area contributed by atoms with Crippen molar-refractivity contribution in [2.75, 3.05) is 33.4 Å². The van der Waals surface area contributed by atoms with Crippen LogP contribution in [0.2, 0.25) is 0 Å². The Labute approximate surface area is 113 Å². The molecule has 19 heavy (non-hydrogen) atoms. The summed E-state index contributed by atoms with van der Waals surface area (Å²) in [5.74, 6) is 0. The van der Waals surface area contributed by atoms with Gasteiger partial charge in [0.05, 0.1) is 29.5 Å². The van der Waals surface area contributed by atoms with E-state index in [-0.39, 0.29) is 0 Å². The average Bonchev–Trinajstić information content (AvgIpc) is 2.46. The first-order valence-electron chi connectivity index (χ1n) is 6.51. The van der Waals surface area contributed by atoms with Gasteiger partial charge in [0, 0.05) is 33.3 Å². The lowest BCUT2D eigenvalue weighted by Gasteiger charge is -2.06. The second-order valence-electron chi connectivity index (χ2n) is 4.27. The number of para-hydroxylation sites is 2. The smallest absolute Gasteiger partial charge is 0.0890 e. The summed E-state index contributed by atoms with van der Waals surface area (Å²) < 4.78 is 4.96. The first-order valence-corrected chi connectivity index (χ1v) is 6.51. The molecule has 0 spiro atoms. The number of hydrogen-bond donors (Lipinski definition) is 2. The third-order valence-electron chi connectivity index (χ3n) is 2.77. The average molecular weight is 260 g/mol. The highest BCUT2D eigenvalue weighted by Crippen LogP contribution is 2.07. The summed E-state index contributed by atoms with van der Waals surface area (Å²) in [6, 6.07) is 7.91. The molecule has 0 radical (unpaired) electrons. The number of nitrogens with zero attached hydrogens (tertiary/aromatic N) is 2. The van der Waals surface area contributed by atoms with Crippen LogP contribution in [0.3, 0.4) is 0 Å². The third-order valence-corrected chi connectivity index (χ3v) is 2.77. The molecule has 1 heterocycles. The number of ether oxygens (including phenoxy) is 1. The topological polar surface area (TPSA) is 59.1 Å². The molecule has 0 bridgehead atoms. The maximum Gasteiger partial charge on any atom is 0.0890 e. The first-order chi connectivity index (χ1) is 9.40. The largest absolute Gasteiger partial charge is 0.383 e. The number of methoxy groups -OCH3 is 1. The summed E-state index contributed by atoms with van der Waals surface area (Å²) in [7, 11) is 1.71. The number of aromatic nitrogens is 2. The van der Waals surface area contributed by atoms with Gasteiger partial charge in [-0.1, -0.05) is 12.1 Å². The zero-order chi connectivity index (χ0) is 13.3. The molecule has 0 saturated heterocycles. The van der Waals surface area contributed by atoms with E-state index in [2.05, 4.69) is 20.6 Å². The van der Waals surface area contributed by atoms with Crippen molar-refractivity contribution in [3.63, 3.8) is 0 Å². The Morgan fingerprint density at radius 2 is 1.84 bits per heavy atom. The van der Waals surface area contributed by atoms with Gasteiger partial charge >= 0.3 is 0 Å². The molecule has 0 atom stereocenters. The Balaban J connectivity index is 1.72. The molecule has 0 aliphatic rings. The van der Waals surface area contributed by atoms with Crippen molar-refractivity contribution < 1.29 is 4.74 Å². The number of hydrogen-bond acceptors (Lipinski definition) is 5. The lowest BCUT2D eigenvalue weighted by molar-refractivity contribution is 0.199. The molecule has 5 nitrogen and oxygen atoms in total. The van der Waals surface area contributed by atoms with E-state index in [0.717, 1.165) is 49.5 Å². The fourth-order valence-electron chi connectivity index (χ4n) is 1.77. The summed E-state index contributed by atoms with van der Waals surface area (Å²) in [4.78, 5) is 8.94. The summed E-state index contributed by atoms with van der Waals surface area (Å²) in [6.07, 6.45) is 1.83. The van der Waals surface area contributed by atoms with E-state index in [1.54, 1.807) is 7.11 Å². The van der Waals surface area contributed by atoms with Gasteiger partial charge in [0.25, 0.3) is 0 Å². The Morgan fingerprint density at radius 3 is 2.68 bits per heavy atom. The fraction of sp³-hybridized carbons (Fsp3) is 0.429. The van der Waals surface area contributed by atoms with Gasteiger partial charge in [-0.05, 0) is 12.1 Å².